The highest BCUT2D eigenvalue weighted by atomic mass is 16.5. The van der Waals surface area contributed by atoms with E-state index in [1.807, 2.05) is 0 Å². The Labute approximate surface area is 91.3 Å². The number of anilines is 1. The third-order valence-corrected chi connectivity index (χ3v) is 2.16. The number of H-pyrrole nitrogens is 1. The quantitative estimate of drug-likeness (QED) is 0.709. The largest absolute Gasteiger partial charge is 0.464 e. The van der Waals surface area contributed by atoms with E-state index in [2.05, 4.69) is 19.7 Å². The summed E-state index contributed by atoms with van der Waals surface area (Å²) in [6.07, 6.45) is 3.25. The second-order valence-electron chi connectivity index (χ2n) is 3.13. The van der Waals surface area contributed by atoms with E-state index in [0.29, 0.717) is 11.8 Å². The van der Waals surface area contributed by atoms with Crippen molar-refractivity contribution < 1.29 is 9.53 Å². The summed E-state index contributed by atoms with van der Waals surface area (Å²) in [6.45, 7) is 1.73. The molecule has 7 heteroatoms. The van der Waals surface area contributed by atoms with Gasteiger partial charge in [-0.2, -0.15) is 0 Å². The molecule has 2 aromatic rings. The van der Waals surface area contributed by atoms with Crippen LogP contribution in [0.25, 0.3) is 5.95 Å². The number of imidazole rings is 2. The number of aryl methyl sites for hydroxylation is 1. The van der Waals surface area contributed by atoms with Crippen molar-refractivity contribution in [2.45, 2.75) is 6.92 Å². The average Bonchev–Trinajstić information content (AvgIpc) is 2.86. The number of ether oxygens (including phenoxy) is 1. The number of esters is 1. The summed E-state index contributed by atoms with van der Waals surface area (Å²) in [7, 11) is 1.28. The molecule has 0 saturated carbocycles. The maximum absolute atomic E-state index is 11.4. The van der Waals surface area contributed by atoms with Crippen molar-refractivity contribution in [2.24, 2.45) is 0 Å². The van der Waals surface area contributed by atoms with Crippen molar-refractivity contribution in [3.05, 3.63) is 23.9 Å². The van der Waals surface area contributed by atoms with E-state index in [1.54, 1.807) is 23.9 Å². The van der Waals surface area contributed by atoms with Gasteiger partial charge in [-0.25, -0.2) is 14.8 Å². The minimum absolute atomic E-state index is 0.0939. The first-order valence-electron chi connectivity index (χ1n) is 4.58. The fourth-order valence-electron chi connectivity index (χ4n) is 1.44. The van der Waals surface area contributed by atoms with Crippen molar-refractivity contribution in [2.75, 3.05) is 12.8 Å². The van der Waals surface area contributed by atoms with Gasteiger partial charge in [-0.15, -0.1) is 0 Å². The molecule has 0 unspecified atom stereocenters. The van der Waals surface area contributed by atoms with Crippen LogP contribution >= 0.6 is 0 Å². The Hall–Kier alpha value is -2.31. The summed E-state index contributed by atoms with van der Waals surface area (Å²) >= 11 is 0. The summed E-state index contributed by atoms with van der Waals surface area (Å²) in [6, 6.07) is 0. The average molecular weight is 221 g/mol. The number of rotatable bonds is 2. The first-order valence-corrected chi connectivity index (χ1v) is 4.58. The maximum atomic E-state index is 11.4. The minimum Gasteiger partial charge on any atom is -0.464 e. The van der Waals surface area contributed by atoms with Gasteiger partial charge in [0.2, 0.25) is 5.95 Å². The fourth-order valence-corrected chi connectivity index (χ4v) is 1.44. The van der Waals surface area contributed by atoms with Gasteiger partial charge in [0.25, 0.3) is 0 Å². The molecule has 16 heavy (non-hydrogen) atoms. The summed E-state index contributed by atoms with van der Waals surface area (Å²) in [5, 5.41) is 0. The molecule has 0 fully saturated rings. The number of methoxy groups -OCH3 is 1. The zero-order valence-corrected chi connectivity index (χ0v) is 8.89. The summed E-state index contributed by atoms with van der Waals surface area (Å²) in [5.74, 6) is 0.718. The van der Waals surface area contributed by atoms with Crippen LogP contribution in [-0.4, -0.2) is 32.6 Å². The van der Waals surface area contributed by atoms with Gasteiger partial charge < -0.3 is 15.5 Å². The van der Waals surface area contributed by atoms with Crippen LogP contribution < -0.4 is 5.73 Å². The molecule has 3 N–H and O–H groups in total. The van der Waals surface area contributed by atoms with E-state index in [4.69, 9.17) is 5.73 Å². The second-order valence-corrected chi connectivity index (χ2v) is 3.13. The van der Waals surface area contributed by atoms with Crippen LogP contribution in [0.5, 0.6) is 0 Å². The van der Waals surface area contributed by atoms with Crippen LogP contribution in [0.4, 0.5) is 5.82 Å². The zero-order chi connectivity index (χ0) is 11.7. The molecule has 2 rings (SSSR count). The Morgan fingerprint density at radius 2 is 2.38 bits per heavy atom. The van der Waals surface area contributed by atoms with Gasteiger partial charge in [-0.3, -0.25) is 4.57 Å². The summed E-state index contributed by atoms with van der Waals surface area (Å²) in [4.78, 5) is 22.3. The Bertz CT molecular complexity index is 514. The van der Waals surface area contributed by atoms with Gasteiger partial charge in [0.05, 0.1) is 7.11 Å². The fraction of sp³-hybridized carbons (Fsp3) is 0.222. The van der Waals surface area contributed by atoms with Crippen LogP contribution in [0, 0.1) is 6.92 Å². The third kappa shape index (κ3) is 1.42. The highest BCUT2D eigenvalue weighted by Crippen LogP contribution is 2.18. The van der Waals surface area contributed by atoms with E-state index in [0.717, 1.165) is 0 Å². The Balaban J connectivity index is 2.56. The van der Waals surface area contributed by atoms with Crippen LogP contribution in [-0.2, 0) is 4.74 Å². The number of nitrogens with one attached hydrogen (secondary N) is 1. The number of nitrogens with two attached hydrogens (primary N) is 1. The molecule has 7 nitrogen and oxygen atoms in total. The van der Waals surface area contributed by atoms with Crippen molar-refractivity contribution in [1.82, 2.24) is 19.5 Å². The molecule has 0 aliphatic rings. The standard InChI is InChI=1S/C9H11N5O2/c1-5-13-6(8(15)16-2)7(10)14(5)9-11-3-4-12-9/h3-4H,10H2,1-2H3,(H,11,12). The molecule has 0 aliphatic carbocycles. The van der Waals surface area contributed by atoms with E-state index >= 15 is 0 Å². The van der Waals surface area contributed by atoms with Crippen LogP contribution in [0.2, 0.25) is 0 Å². The summed E-state index contributed by atoms with van der Waals surface area (Å²) in [5.41, 5.74) is 5.91. The molecular formula is C9H11N5O2. The molecule has 0 saturated heterocycles. The Morgan fingerprint density at radius 1 is 1.62 bits per heavy atom. The van der Waals surface area contributed by atoms with E-state index < -0.39 is 5.97 Å². The smallest absolute Gasteiger partial charge is 0.360 e. The lowest BCUT2D eigenvalue weighted by Gasteiger charge is -2.02. The molecule has 2 aromatic heterocycles. The number of carbonyl (C=O) groups is 1. The SMILES string of the molecule is COC(=O)c1nc(C)n(-c2ncc[nH]2)c1N. The van der Waals surface area contributed by atoms with E-state index in [9.17, 15) is 4.79 Å². The molecule has 0 aromatic carbocycles. The normalized spacial score (nSPS) is 10.4. The number of nitrogens with zero attached hydrogens (tertiary/aromatic N) is 3. The number of aromatic amines is 1. The molecule has 0 radical (unpaired) electrons. The van der Waals surface area contributed by atoms with Gasteiger partial charge >= 0.3 is 5.97 Å². The van der Waals surface area contributed by atoms with Crippen LogP contribution in [0.1, 0.15) is 16.3 Å². The van der Waals surface area contributed by atoms with Crippen LogP contribution in [0.3, 0.4) is 0 Å². The number of carbonyl (C=O) groups excluding carboxylic acids is 1. The van der Waals surface area contributed by atoms with Gasteiger partial charge in [0.1, 0.15) is 11.6 Å². The lowest BCUT2D eigenvalue weighted by Crippen LogP contribution is -2.08. The molecular weight excluding hydrogens is 210 g/mol. The highest BCUT2D eigenvalue weighted by molar-refractivity contribution is 5.92. The van der Waals surface area contributed by atoms with Crippen molar-refractivity contribution in [3.63, 3.8) is 0 Å². The number of hydrogen-bond acceptors (Lipinski definition) is 5. The van der Waals surface area contributed by atoms with Crippen molar-refractivity contribution >= 4 is 11.8 Å². The highest BCUT2D eigenvalue weighted by Gasteiger charge is 2.20. The molecule has 0 aliphatic heterocycles. The van der Waals surface area contributed by atoms with Gasteiger partial charge in [0, 0.05) is 12.4 Å². The molecule has 2 heterocycles. The Morgan fingerprint density at radius 3 is 2.94 bits per heavy atom. The van der Waals surface area contributed by atoms with E-state index in [-0.39, 0.29) is 11.5 Å². The maximum Gasteiger partial charge on any atom is 0.360 e. The monoisotopic (exact) mass is 221 g/mol. The number of aromatic nitrogens is 4. The first-order chi connectivity index (χ1) is 7.65. The lowest BCUT2D eigenvalue weighted by molar-refractivity contribution is 0.0596. The molecule has 0 spiro atoms. The molecule has 0 bridgehead atoms. The lowest BCUT2D eigenvalue weighted by atomic mass is 10.4. The van der Waals surface area contributed by atoms with E-state index in [1.165, 1.54) is 7.11 Å². The zero-order valence-electron chi connectivity index (χ0n) is 8.89. The first kappa shape index (κ1) is 10.2. The topological polar surface area (TPSA) is 98.8 Å². The minimum atomic E-state index is -0.564. The number of nitrogen functional groups attached to an aromatic ring is 1. The molecule has 84 valence electrons. The summed E-state index contributed by atoms with van der Waals surface area (Å²) < 4.78 is 6.13. The van der Waals surface area contributed by atoms with Crippen LogP contribution in [0.15, 0.2) is 12.4 Å². The number of hydrogen-bond donors (Lipinski definition) is 2. The third-order valence-electron chi connectivity index (χ3n) is 2.16. The molecule has 0 atom stereocenters. The van der Waals surface area contributed by atoms with Gasteiger partial charge in [-0.1, -0.05) is 0 Å². The van der Waals surface area contributed by atoms with Crippen molar-refractivity contribution in [3.8, 4) is 5.95 Å². The van der Waals surface area contributed by atoms with Gasteiger partial charge in [-0.05, 0) is 6.92 Å². The predicted molar refractivity (Wildman–Crippen MR) is 56.2 cm³/mol. The van der Waals surface area contributed by atoms with Crippen molar-refractivity contribution in [1.29, 1.82) is 0 Å². The molecule has 0 amide bonds. The Kier molecular flexibility index (Phi) is 2.35. The predicted octanol–water partition coefficient (Wildman–Crippen LogP) is 0.273. The second kappa shape index (κ2) is 3.69. The van der Waals surface area contributed by atoms with Gasteiger partial charge in [0.15, 0.2) is 5.69 Å².